The number of imidazole rings is 1. The van der Waals surface area contributed by atoms with Crippen LogP contribution in [-0.2, 0) is 6.54 Å². The van der Waals surface area contributed by atoms with E-state index in [1.807, 2.05) is 28.8 Å². The molecule has 4 rings (SSSR count). The van der Waals surface area contributed by atoms with Gasteiger partial charge in [-0.25, -0.2) is 4.79 Å². The monoisotopic (exact) mass is 350 g/mol. The number of fused-ring (bicyclic) bond motifs is 1. The maximum absolute atomic E-state index is 12.1. The normalized spacial score (nSPS) is 15.6. The number of hydrogen-bond donors (Lipinski definition) is 1. The number of nitrogens with zero attached hydrogens (tertiary/aromatic N) is 3. The van der Waals surface area contributed by atoms with E-state index in [9.17, 15) is 4.79 Å². The average molecular weight is 350 g/mol. The number of nitrogens with one attached hydrogen (secondary N) is 1. The Balaban J connectivity index is 1.23. The summed E-state index contributed by atoms with van der Waals surface area (Å²) in [5.74, 6) is 0. The van der Waals surface area contributed by atoms with Crippen molar-refractivity contribution in [2.75, 3.05) is 37.6 Å². The van der Waals surface area contributed by atoms with Gasteiger partial charge in [-0.1, -0.05) is 30.3 Å². The second-order valence-corrected chi connectivity index (χ2v) is 6.97. The maximum Gasteiger partial charge on any atom is 0.326 e. The van der Waals surface area contributed by atoms with Crippen molar-refractivity contribution in [3.63, 3.8) is 0 Å². The Hall–Kier alpha value is -2.53. The minimum atomic E-state index is 0.00248. The van der Waals surface area contributed by atoms with Gasteiger partial charge in [0.15, 0.2) is 0 Å². The quantitative estimate of drug-likeness (QED) is 0.695. The zero-order valence-electron chi connectivity index (χ0n) is 15.1. The highest BCUT2D eigenvalue weighted by atomic mass is 16.1. The summed E-state index contributed by atoms with van der Waals surface area (Å²) in [5, 5.41) is 0. The maximum atomic E-state index is 12.1. The van der Waals surface area contributed by atoms with Crippen LogP contribution in [0.5, 0.6) is 0 Å². The van der Waals surface area contributed by atoms with Gasteiger partial charge in [0.1, 0.15) is 0 Å². The van der Waals surface area contributed by atoms with Crippen molar-refractivity contribution in [2.24, 2.45) is 0 Å². The van der Waals surface area contributed by atoms with Crippen molar-refractivity contribution in [1.82, 2.24) is 14.5 Å². The second kappa shape index (κ2) is 7.79. The first-order chi connectivity index (χ1) is 12.8. The van der Waals surface area contributed by atoms with Crippen LogP contribution < -0.4 is 10.6 Å². The van der Waals surface area contributed by atoms with Crippen molar-refractivity contribution in [2.45, 2.75) is 19.4 Å². The van der Waals surface area contributed by atoms with Gasteiger partial charge < -0.3 is 9.88 Å². The molecule has 5 heteroatoms. The first-order valence-corrected chi connectivity index (χ1v) is 9.51. The van der Waals surface area contributed by atoms with E-state index >= 15 is 0 Å². The molecule has 1 aliphatic rings. The first kappa shape index (κ1) is 16.9. The molecular weight excluding hydrogens is 324 g/mol. The SMILES string of the molecule is O=c1[nH]c2ccccc2n1CCCCN1CCN(c2ccccc2)CC1. The molecule has 136 valence electrons. The van der Waals surface area contributed by atoms with E-state index in [1.165, 1.54) is 5.69 Å². The summed E-state index contributed by atoms with van der Waals surface area (Å²) in [6.07, 6.45) is 2.15. The number of hydrogen-bond acceptors (Lipinski definition) is 3. The Bertz CT molecular complexity index is 891. The lowest BCUT2D eigenvalue weighted by Gasteiger charge is -2.36. The lowest BCUT2D eigenvalue weighted by molar-refractivity contribution is 0.251. The zero-order valence-corrected chi connectivity index (χ0v) is 15.1. The third-order valence-electron chi connectivity index (χ3n) is 5.28. The molecule has 26 heavy (non-hydrogen) atoms. The highest BCUT2D eigenvalue weighted by molar-refractivity contribution is 5.74. The molecule has 2 aromatic carbocycles. The molecule has 0 bridgehead atoms. The highest BCUT2D eigenvalue weighted by Crippen LogP contribution is 2.16. The van der Waals surface area contributed by atoms with Crippen molar-refractivity contribution in [3.8, 4) is 0 Å². The third kappa shape index (κ3) is 3.68. The van der Waals surface area contributed by atoms with Gasteiger partial charge in [-0.3, -0.25) is 9.47 Å². The number of H-pyrrole nitrogens is 1. The van der Waals surface area contributed by atoms with Crippen LogP contribution in [0.4, 0.5) is 5.69 Å². The number of benzene rings is 2. The summed E-state index contributed by atoms with van der Waals surface area (Å²) in [4.78, 5) is 20.0. The molecule has 0 unspecified atom stereocenters. The molecule has 1 saturated heterocycles. The van der Waals surface area contributed by atoms with Gasteiger partial charge >= 0.3 is 5.69 Å². The minimum absolute atomic E-state index is 0.00248. The van der Waals surface area contributed by atoms with Crippen LogP contribution in [0, 0.1) is 0 Å². The summed E-state index contributed by atoms with van der Waals surface area (Å²) < 4.78 is 1.86. The number of piperazine rings is 1. The number of aromatic amines is 1. The van der Waals surface area contributed by atoms with Gasteiger partial charge in [0, 0.05) is 38.4 Å². The van der Waals surface area contributed by atoms with Crippen molar-refractivity contribution in [3.05, 3.63) is 65.1 Å². The van der Waals surface area contributed by atoms with Gasteiger partial charge in [0.2, 0.25) is 0 Å². The van der Waals surface area contributed by atoms with Gasteiger partial charge in [-0.05, 0) is 43.7 Å². The fourth-order valence-electron chi connectivity index (χ4n) is 3.80. The molecule has 5 nitrogen and oxygen atoms in total. The van der Waals surface area contributed by atoms with Gasteiger partial charge in [0.25, 0.3) is 0 Å². The molecule has 2 heterocycles. The van der Waals surface area contributed by atoms with E-state index in [0.29, 0.717) is 0 Å². The average Bonchev–Trinajstić information content (AvgIpc) is 3.01. The molecule has 0 saturated carbocycles. The van der Waals surface area contributed by atoms with Gasteiger partial charge in [0.05, 0.1) is 11.0 Å². The van der Waals surface area contributed by atoms with Crippen molar-refractivity contribution >= 4 is 16.7 Å². The van der Waals surface area contributed by atoms with Crippen LogP contribution in [0.3, 0.4) is 0 Å². The summed E-state index contributed by atoms with van der Waals surface area (Å²) in [7, 11) is 0. The standard InChI is InChI=1S/C21H26N4O/c26-21-22-19-10-4-5-11-20(19)25(21)13-7-6-12-23-14-16-24(17-15-23)18-8-2-1-3-9-18/h1-5,8-11H,6-7,12-17H2,(H,22,26). The molecule has 1 fully saturated rings. The number of unbranched alkanes of at least 4 members (excludes halogenated alkanes) is 1. The second-order valence-electron chi connectivity index (χ2n) is 6.97. The molecule has 0 atom stereocenters. The van der Waals surface area contributed by atoms with Crippen LogP contribution in [-0.4, -0.2) is 47.2 Å². The largest absolute Gasteiger partial charge is 0.369 e. The van der Waals surface area contributed by atoms with E-state index in [1.54, 1.807) is 0 Å². The topological polar surface area (TPSA) is 44.3 Å². The molecule has 0 aliphatic carbocycles. The van der Waals surface area contributed by atoms with Crippen LogP contribution >= 0.6 is 0 Å². The summed E-state index contributed by atoms with van der Waals surface area (Å²) in [5.41, 5.74) is 3.26. The molecule has 1 aromatic heterocycles. The lowest BCUT2D eigenvalue weighted by Crippen LogP contribution is -2.46. The number of aromatic nitrogens is 2. The highest BCUT2D eigenvalue weighted by Gasteiger charge is 2.16. The van der Waals surface area contributed by atoms with Gasteiger partial charge in [-0.2, -0.15) is 0 Å². The Morgan fingerprint density at radius 2 is 1.50 bits per heavy atom. The molecule has 3 aromatic rings. The Labute approximate surface area is 153 Å². The Morgan fingerprint density at radius 1 is 0.808 bits per heavy atom. The van der Waals surface area contributed by atoms with E-state index in [0.717, 1.165) is 63.1 Å². The fraction of sp³-hybridized carbons (Fsp3) is 0.381. The summed E-state index contributed by atoms with van der Waals surface area (Å²) in [6.45, 7) is 6.30. The molecule has 1 N–H and O–H groups in total. The summed E-state index contributed by atoms with van der Waals surface area (Å²) >= 11 is 0. The predicted octanol–water partition coefficient (Wildman–Crippen LogP) is 2.93. The van der Waals surface area contributed by atoms with Crippen molar-refractivity contribution < 1.29 is 0 Å². The van der Waals surface area contributed by atoms with Crippen LogP contribution in [0.15, 0.2) is 59.4 Å². The van der Waals surface area contributed by atoms with Gasteiger partial charge in [-0.15, -0.1) is 0 Å². The fourth-order valence-corrected chi connectivity index (χ4v) is 3.80. The Morgan fingerprint density at radius 3 is 2.31 bits per heavy atom. The zero-order chi connectivity index (χ0) is 17.8. The van der Waals surface area contributed by atoms with E-state index in [2.05, 4.69) is 45.1 Å². The number of aryl methyl sites for hydroxylation is 1. The molecule has 1 aliphatic heterocycles. The predicted molar refractivity (Wildman–Crippen MR) is 107 cm³/mol. The molecule has 0 amide bonds. The molecule has 0 radical (unpaired) electrons. The molecule has 0 spiro atoms. The lowest BCUT2D eigenvalue weighted by atomic mass is 10.2. The third-order valence-corrected chi connectivity index (χ3v) is 5.28. The number of rotatable bonds is 6. The van der Waals surface area contributed by atoms with Crippen LogP contribution in [0.25, 0.3) is 11.0 Å². The first-order valence-electron chi connectivity index (χ1n) is 9.51. The van der Waals surface area contributed by atoms with E-state index in [-0.39, 0.29) is 5.69 Å². The van der Waals surface area contributed by atoms with Crippen molar-refractivity contribution in [1.29, 1.82) is 0 Å². The van der Waals surface area contributed by atoms with E-state index in [4.69, 9.17) is 0 Å². The number of anilines is 1. The Kier molecular flexibility index (Phi) is 5.07. The smallest absolute Gasteiger partial charge is 0.326 e. The van der Waals surface area contributed by atoms with Crippen LogP contribution in [0.1, 0.15) is 12.8 Å². The minimum Gasteiger partial charge on any atom is -0.369 e. The van der Waals surface area contributed by atoms with E-state index < -0.39 is 0 Å². The number of para-hydroxylation sites is 3. The van der Waals surface area contributed by atoms with Crippen LogP contribution in [0.2, 0.25) is 0 Å². The molecular formula is C21H26N4O. The summed E-state index contributed by atoms with van der Waals surface area (Å²) in [6, 6.07) is 18.6.